The van der Waals surface area contributed by atoms with Crippen LogP contribution in [0.2, 0.25) is 0 Å². The van der Waals surface area contributed by atoms with E-state index in [2.05, 4.69) is 4.90 Å². The molecule has 1 fully saturated rings. The van der Waals surface area contributed by atoms with Gasteiger partial charge in [-0.05, 0) is 71.0 Å². The van der Waals surface area contributed by atoms with Crippen LogP contribution < -0.4 is 4.74 Å². The number of piperidine rings is 1. The predicted octanol–water partition coefficient (Wildman–Crippen LogP) is 4.32. The molecule has 0 aliphatic carbocycles. The zero-order chi connectivity index (χ0) is 26.7. The molecule has 8 nitrogen and oxygen atoms in total. The van der Waals surface area contributed by atoms with E-state index < -0.39 is 11.4 Å². The number of amides is 1. The molecule has 3 heterocycles. The van der Waals surface area contributed by atoms with Crippen molar-refractivity contribution in [1.29, 1.82) is 0 Å². The molecule has 1 aromatic carbocycles. The molecule has 1 saturated heterocycles. The fraction of sp³-hybridized carbons (Fsp3) is 0.552. The Labute approximate surface area is 220 Å². The van der Waals surface area contributed by atoms with E-state index in [4.69, 9.17) is 14.5 Å². The summed E-state index contributed by atoms with van der Waals surface area (Å²) < 4.78 is 13.4. The highest BCUT2D eigenvalue weighted by atomic mass is 16.5. The number of likely N-dealkylation sites (tertiary alicyclic amines) is 1. The molecule has 0 atom stereocenters. The molecular weight excluding hydrogens is 468 g/mol. The van der Waals surface area contributed by atoms with Gasteiger partial charge in [-0.2, -0.15) is 0 Å². The molecule has 4 rings (SSSR count). The Kier molecular flexibility index (Phi) is 8.07. The molecule has 37 heavy (non-hydrogen) atoms. The third-order valence-corrected chi connectivity index (χ3v) is 7.12. The van der Waals surface area contributed by atoms with Gasteiger partial charge in [0.2, 0.25) is 0 Å². The van der Waals surface area contributed by atoms with Crippen molar-refractivity contribution in [3.05, 3.63) is 53.2 Å². The summed E-state index contributed by atoms with van der Waals surface area (Å²) in [5.74, 6) is 0.894. The molecule has 0 spiro atoms. The molecule has 0 unspecified atom stereocenters. The number of aromatic nitrogens is 2. The van der Waals surface area contributed by atoms with Crippen LogP contribution in [0.25, 0.3) is 5.57 Å². The Hall–Kier alpha value is -3.13. The Morgan fingerprint density at radius 2 is 1.76 bits per heavy atom. The summed E-state index contributed by atoms with van der Waals surface area (Å²) >= 11 is 0. The van der Waals surface area contributed by atoms with E-state index >= 15 is 0 Å². The molecule has 2 aliphatic rings. The summed E-state index contributed by atoms with van der Waals surface area (Å²) in [6, 6.07) is 7.24. The lowest BCUT2D eigenvalue weighted by Crippen LogP contribution is -2.37. The smallest absolute Gasteiger partial charge is 0.342 e. The van der Waals surface area contributed by atoms with Crippen LogP contribution >= 0.6 is 0 Å². The first-order valence-corrected chi connectivity index (χ1v) is 13.3. The van der Waals surface area contributed by atoms with Gasteiger partial charge in [-0.25, -0.2) is 9.78 Å². The minimum atomic E-state index is -0.481. The molecule has 2 aromatic rings. The zero-order valence-corrected chi connectivity index (χ0v) is 23.0. The van der Waals surface area contributed by atoms with Gasteiger partial charge in [0.05, 0.1) is 17.5 Å². The lowest BCUT2D eigenvalue weighted by atomic mass is 9.87. The van der Waals surface area contributed by atoms with E-state index in [1.54, 1.807) is 23.2 Å². The number of fused-ring (bicyclic) bond motifs is 1. The van der Waals surface area contributed by atoms with Gasteiger partial charge in [0.25, 0.3) is 5.91 Å². The van der Waals surface area contributed by atoms with Crippen molar-refractivity contribution < 1.29 is 19.1 Å². The number of benzene rings is 1. The van der Waals surface area contributed by atoms with Crippen LogP contribution in [0.4, 0.5) is 0 Å². The van der Waals surface area contributed by atoms with Crippen molar-refractivity contribution >= 4 is 17.4 Å². The SMILES string of the molecule is Cc1nc2c(n1C)C(C(=O)OC(C)C)=CN(C(=O)c1ccc(OCCN3CCCCC3)cc1)CC2(C)C. The van der Waals surface area contributed by atoms with E-state index in [-0.39, 0.29) is 12.0 Å². The maximum atomic E-state index is 13.6. The molecule has 0 saturated carbocycles. The molecule has 1 amide bonds. The van der Waals surface area contributed by atoms with Crippen molar-refractivity contribution in [3.8, 4) is 5.75 Å². The van der Waals surface area contributed by atoms with Crippen molar-refractivity contribution in [2.24, 2.45) is 7.05 Å². The van der Waals surface area contributed by atoms with E-state index in [0.717, 1.165) is 36.9 Å². The van der Waals surface area contributed by atoms with Crippen LogP contribution in [-0.2, 0) is 22.0 Å². The molecule has 0 N–H and O–H groups in total. The summed E-state index contributed by atoms with van der Waals surface area (Å²) in [5, 5.41) is 0. The van der Waals surface area contributed by atoms with Crippen LogP contribution in [0, 0.1) is 6.92 Å². The van der Waals surface area contributed by atoms with Crippen molar-refractivity contribution in [2.75, 3.05) is 32.8 Å². The lowest BCUT2D eigenvalue weighted by molar-refractivity contribution is -0.140. The van der Waals surface area contributed by atoms with Crippen molar-refractivity contribution in [1.82, 2.24) is 19.4 Å². The van der Waals surface area contributed by atoms with Gasteiger partial charge in [-0.3, -0.25) is 9.69 Å². The second-order valence-corrected chi connectivity index (χ2v) is 11.0. The van der Waals surface area contributed by atoms with Gasteiger partial charge in [-0.15, -0.1) is 0 Å². The van der Waals surface area contributed by atoms with Gasteiger partial charge in [0.15, 0.2) is 0 Å². The first-order valence-electron chi connectivity index (χ1n) is 13.3. The normalized spacial score (nSPS) is 17.7. The number of aryl methyl sites for hydroxylation is 1. The largest absolute Gasteiger partial charge is 0.492 e. The molecule has 8 heteroatoms. The number of nitrogens with zero attached hydrogens (tertiary/aromatic N) is 4. The highest BCUT2D eigenvalue weighted by molar-refractivity contribution is 6.17. The zero-order valence-electron chi connectivity index (χ0n) is 23.0. The standard InChI is InChI=1S/C29H40N4O4/c1-20(2)37-28(35)24-18-33(19-29(4,5)26-25(24)31(6)21(3)30-26)27(34)22-10-12-23(13-11-22)36-17-16-32-14-8-7-9-15-32/h10-13,18,20H,7-9,14-17,19H2,1-6H3. The van der Waals surface area contributed by atoms with Gasteiger partial charge >= 0.3 is 5.97 Å². The topological polar surface area (TPSA) is 76.9 Å². The first kappa shape index (κ1) is 26.9. The minimum absolute atomic E-state index is 0.188. The molecule has 200 valence electrons. The monoisotopic (exact) mass is 508 g/mol. The maximum Gasteiger partial charge on any atom is 0.342 e. The van der Waals surface area contributed by atoms with Crippen LogP contribution in [0.5, 0.6) is 5.75 Å². The second-order valence-electron chi connectivity index (χ2n) is 11.0. The van der Waals surface area contributed by atoms with E-state index in [0.29, 0.717) is 30.0 Å². The number of hydrogen-bond acceptors (Lipinski definition) is 6. The summed E-state index contributed by atoms with van der Waals surface area (Å²) in [6.07, 6.45) is 5.19. The molecule has 0 radical (unpaired) electrons. The average Bonchev–Trinajstić information content (AvgIpc) is 3.10. The van der Waals surface area contributed by atoms with Crippen LogP contribution in [0.3, 0.4) is 0 Å². The lowest BCUT2D eigenvalue weighted by Gasteiger charge is -2.28. The van der Waals surface area contributed by atoms with Gasteiger partial charge in [-0.1, -0.05) is 20.3 Å². The van der Waals surface area contributed by atoms with Crippen LogP contribution in [0.15, 0.2) is 30.5 Å². The van der Waals surface area contributed by atoms with Crippen LogP contribution in [-0.4, -0.2) is 70.1 Å². The first-order chi connectivity index (χ1) is 17.6. The second kappa shape index (κ2) is 11.1. The quantitative estimate of drug-likeness (QED) is 0.519. The third kappa shape index (κ3) is 6.06. The Morgan fingerprint density at radius 1 is 1.08 bits per heavy atom. The van der Waals surface area contributed by atoms with E-state index in [9.17, 15) is 9.59 Å². The summed E-state index contributed by atoms with van der Waals surface area (Å²) in [6.45, 7) is 13.8. The number of rotatable bonds is 7. The molecule has 0 bridgehead atoms. The summed E-state index contributed by atoms with van der Waals surface area (Å²) in [4.78, 5) is 35.6. The highest BCUT2D eigenvalue weighted by Crippen LogP contribution is 2.36. The Morgan fingerprint density at radius 3 is 2.41 bits per heavy atom. The fourth-order valence-electron chi connectivity index (χ4n) is 5.05. The Bertz CT molecular complexity index is 1160. The molecule has 1 aromatic heterocycles. The van der Waals surface area contributed by atoms with Gasteiger partial charge in [0, 0.05) is 37.3 Å². The van der Waals surface area contributed by atoms with Crippen LogP contribution in [0.1, 0.15) is 74.5 Å². The molecule has 2 aliphatic heterocycles. The van der Waals surface area contributed by atoms with Crippen molar-refractivity contribution in [2.45, 2.75) is 65.4 Å². The number of carbonyl (C=O) groups is 2. The third-order valence-electron chi connectivity index (χ3n) is 7.12. The highest BCUT2D eigenvalue weighted by Gasteiger charge is 2.38. The number of hydrogen-bond donors (Lipinski definition) is 0. The maximum absolute atomic E-state index is 13.6. The Balaban J connectivity index is 1.55. The van der Waals surface area contributed by atoms with Gasteiger partial charge < -0.3 is 18.9 Å². The number of ether oxygens (including phenoxy) is 2. The van der Waals surface area contributed by atoms with Crippen molar-refractivity contribution in [3.63, 3.8) is 0 Å². The fourth-order valence-corrected chi connectivity index (χ4v) is 5.05. The predicted molar refractivity (Wildman–Crippen MR) is 143 cm³/mol. The van der Waals surface area contributed by atoms with E-state index in [1.165, 1.54) is 19.3 Å². The van der Waals surface area contributed by atoms with Gasteiger partial charge in [0.1, 0.15) is 23.8 Å². The minimum Gasteiger partial charge on any atom is -0.492 e. The van der Waals surface area contributed by atoms with E-state index in [1.807, 2.05) is 58.4 Å². The number of imidazole rings is 1. The summed E-state index contributed by atoms with van der Waals surface area (Å²) in [7, 11) is 1.88. The summed E-state index contributed by atoms with van der Waals surface area (Å²) in [5.41, 5.74) is 1.86. The average molecular weight is 509 g/mol. The number of carbonyl (C=O) groups excluding carboxylic acids is 2. The number of esters is 1. The molecular formula is C29H40N4O4.